The molecule has 8 nitrogen and oxygen atoms in total. The highest BCUT2D eigenvalue weighted by molar-refractivity contribution is 7.18. The largest absolute Gasteiger partial charge is 0.465 e. The molecule has 32 heavy (non-hydrogen) atoms. The highest BCUT2D eigenvalue weighted by atomic mass is 32.1. The normalized spacial score (nSPS) is 12.7. The number of esters is 1. The third-order valence-corrected chi connectivity index (χ3v) is 6.58. The van der Waals surface area contributed by atoms with Crippen LogP contribution < -0.4 is 5.32 Å². The molecule has 9 heteroatoms. The molecule has 1 aliphatic heterocycles. The summed E-state index contributed by atoms with van der Waals surface area (Å²) < 4.78 is 4.78. The van der Waals surface area contributed by atoms with Crippen molar-refractivity contribution in [3.05, 3.63) is 51.4 Å². The van der Waals surface area contributed by atoms with Crippen LogP contribution >= 0.6 is 11.3 Å². The van der Waals surface area contributed by atoms with Gasteiger partial charge in [-0.25, -0.2) is 4.79 Å². The molecule has 3 rings (SSSR count). The summed E-state index contributed by atoms with van der Waals surface area (Å²) in [6.45, 7) is 3.35. The minimum Gasteiger partial charge on any atom is -0.465 e. The van der Waals surface area contributed by atoms with Crippen LogP contribution in [0.5, 0.6) is 0 Å². The molecule has 0 saturated heterocycles. The number of nitrogens with one attached hydrogen (secondary N) is 1. The van der Waals surface area contributed by atoms with Gasteiger partial charge < -0.3 is 10.1 Å². The van der Waals surface area contributed by atoms with Gasteiger partial charge in [0.25, 0.3) is 11.8 Å². The van der Waals surface area contributed by atoms with E-state index in [2.05, 4.69) is 5.32 Å². The van der Waals surface area contributed by atoms with Crippen LogP contribution in [-0.2, 0) is 9.53 Å². The van der Waals surface area contributed by atoms with Crippen molar-refractivity contribution in [2.45, 2.75) is 39.5 Å². The first-order valence-electron chi connectivity index (χ1n) is 10.2. The zero-order valence-electron chi connectivity index (χ0n) is 18.1. The van der Waals surface area contributed by atoms with Crippen LogP contribution in [0.1, 0.15) is 78.9 Å². The van der Waals surface area contributed by atoms with Gasteiger partial charge in [-0.2, -0.15) is 0 Å². The lowest BCUT2D eigenvalue weighted by atomic mass is 10.1. The molecule has 0 atom stereocenters. The summed E-state index contributed by atoms with van der Waals surface area (Å²) in [5, 5.41) is 3.01. The number of carbonyl (C=O) groups is 5. The number of ether oxygens (including phenoxy) is 1. The molecule has 3 amide bonds. The molecule has 0 radical (unpaired) electrons. The number of hydrogen-bond donors (Lipinski definition) is 1. The number of rotatable bonds is 9. The topological polar surface area (TPSA) is 110 Å². The van der Waals surface area contributed by atoms with E-state index in [-0.39, 0.29) is 35.5 Å². The SMILES string of the molecule is COC(=O)c1c(NC(=O)CCCCCN2C(=O)c3ccccc3C2=O)sc(C(C)=O)c1C. The Morgan fingerprint density at radius 1 is 1.03 bits per heavy atom. The summed E-state index contributed by atoms with van der Waals surface area (Å²) in [6.07, 6.45) is 1.98. The van der Waals surface area contributed by atoms with Gasteiger partial charge in [0.05, 0.1) is 28.7 Å². The second-order valence-electron chi connectivity index (χ2n) is 7.47. The van der Waals surface area contributed by atoms with E-state index in [1.54, 1.807) is 31.2 Å². The monoisotopic (exact) mass is 456 g/mol. The molecule has 1 aliphatic rings. The van der Waals surface area contributed by atoms with Gasteiger partial charge in [-0.05, 0) is 44.4 Å². The van der Waals surface area contributed by atoms with Crippen LogP contribution in [-0.4, -0.2) is 48.0 Å². The average Bonchev–Trinajstić information content (AvgIpc) is 3.22. The Hall–Kier alpha value is -3.33. The summed E-state index contributed by atoms with van der Waals surface area (Å²) in [6, 6.07) is 6.75. The van der Waals surface area contributed by atoms with Crippen LogP contribution in [0.4, 0.5) is 5.00 Å². The van der Waals surface area contributed by atoms with E-state index in [9.17, 15) is 24.0 Å². The number of unbranched alkanes of at least 4 members (excludes halogenated alkanes) is 2. The minimum absolute atomic E-state index is 0.189. The van der Waals surface area contributed by atoms with Gasteiger partial charge in [-0.3, -0.25) is 24.1 Å². The Morgan fingerprint density at radius 3 is 2.22 bits per heavy atom. The first-order valence-corrected chi connectivity index (χ1v) is 11.1. The second kappa shape index (κ2) is 9.86. The Balaban J connectivity index is 1.50. The Kier molecular flexibility index (Phi) is 7.19. The highest BCUT2D eigenvalue weighted by Crippen LogP contribution is 2.34. The fraction of sp³-hybridized carbons (Fsp3) is 0.348. The molecule has 0 unspecified atom stereocenters. The lowest BCUT2D eigenvalue weighted by Gasteiger charge is -2.13. The molecule has 0 bridgehead atoms. The van der Waals surface area contributed by atoms with Crippen molar-refractivity contribution >= 4 is 45.8 Å². The van der Waals surface area contributed by atoms with E-state index in [1.165, 1.54) is 18.9 Å². The summed E-state index contributed by atoms with van der Waals surface area (Å²) in [5.41, 5.74) is 1.54. The number of anilines is 1. The minimum atomic E-state index is -0.609. The van der Waals surface area contributed by atoms with Crippen LogP contribution in [0, 0.1) is 6.92 Å². The lowest BCUT2D eigenvalue weighted by molar-refractivity contribution is -0.116. The fourth-order valence-corrected chi connectivity index (χ4v) is 4.76. The fourth-order valence-electron chi connectivity index (χ4n) is 3.65. The Labute approximate surface area is 189 Å². The molecule has 1 aromatic heterocycles. The molecule has 1 aromatic carbocycles. The van der Waals surface area contributed by atoms with Crippen molar-refractivity contribution in [2.24, 2.45) is 0 Å². The van der Waals surface area contributed by atoms with Gasteiger partial charge in [-0.15, -0.1) is 11.3 Å². The van der Waals surface area contributed by atoms with Crippen molar-refractivity contribution in [1.29, 1.82) is 0 Å². The third kappa shape index (κ3) is 4.62. The number of fused-ring (bicyclic) bond motifs is 1. The molecule has 0 fully saturated rings. The Morgan fingerprint density at radius 2 is 1.66 bits per heavy atom. The molecule has 0 saturated carbocycles. The van der Waals surface area contributed by atoms with Crippen molar-refractivity contribution in [2.75, 3.05) is 19.0 Å². The zero-order valence-corrected chi connectivity index (χ0v) is 19.0. The van der Waals surface area contributed by atoms with Crippen molar-refractivity contribution < 1.29 is 28.7 Å². The number of Topliss-reactive ketones (excluding diaryl/α,β-unsaturated/α-hetero) is 1. The van der Waals surface area contributed by atoms with Gasteiger partial charge in [0.1, 0.15) is 5.00 Å². The van der Waals surface area contributed by atoms with E-state index >= 15 is 0 Å². The zero-order chi connectivity index (χ0) is 23.4. The van der Waals surface area contributed by atoms with Crippen molar-refractivity contribution in [3.63, 3.8) is 0 Å². The van der Waals surface area contributed by atoms with E-state index in [1.807, 2.05) is 0 Å². The Bertz CT molecular complexity index is 1070. The van der Waals surface area contributed by atoms with E-state index in [4.69, 9.17) is 4.74 Å². The number of methoxy groups -OCH3 is 1. The molecule has 168 valence electrons. The predicted octanol–water partition coefficient (Wildman–Crippen LogP) is 3.84. The number of hydrogen-bond acceptors (Lipinski definition) is 7. The molecular weight excluding hydrogens is 432 g/mol. The second-order valence-corrected chi connectivity index (χ2v) is 8.50. The highest BCUT2D eigenvalue weighted by Gasteiger charge is 2.34. The number of ketones is 1. The maximum atomic E-state index is 12.4. The van der Waals surface area contributed by atoms with Crippen molar-refractivity contribution in [3.8, 4) is 0 Å². The number of carbonyl (C=O) groups excluding carboxylic acids is 5. The smallest absolute Gasteiger partial charge is 0.341 e. The summed E-state index contributed by atoms with van der Waals surface area (Å²) in [4.78, 5) is 62.6. The average molecular weight is 457 g/mol. The molecule has 2 heterocycles. The van der Waals surface area contributed by atoms with Gasteiger partial charge in [0, 0.05) is 13.0 Å². The van der Waals surface area contributed by atoms with Crippen molar-refractivity contribution in [1.82, 2.24) is 4.90 Å². The van der Waals surface area contributed by atoms with Crippen LogP contribution in [0.3, 0.4) is 0 Å². The molecule has 1 N–H and O–H groups in total. The van der Waals surface area contributed by atoms with Gasteiger partial charge in [-0.1, -0.05) is 18.6 Å². The number of benzene rings is 1. The summed E-state index contributed by atoms with van der Waals surface area (Å²) in [5.74, 6) is -1.65. The first-order chi connectivity index (χ1) is 15.3. The number of thiophene rings is 1. The third-order valence-electron chi connectivity index (χ3n) is 5.27. The van der Waals surface area contributed by atoms with E-state index in [0.29, 0.717) is 52.4 Å². The maximum Gasteiger partial charge on any atom is 0.341 e. The number of amides is 3. The van der Waals surface area contributed by atoms with Gasteiger partial charge in [0.15, 0.2) is 5.78 Å². The summed E-state index contributed by atoms with van der Waals surface area (Å²) >= 11 is 1.06. The quantitative estimate of drug-likeness (QED) is 0.266. The van der Waals surface area contributed by atoms with E-state index < -0.39 is 5.97 Å². The number of imide groups is 1. The van der Waals surface area contributed by atoms with Crippen LogP contribution in [0.15, 0.2) is 24.3 Å². The molecule has 0 aliphatic carbocycles. The molecule has 0 spiro atoms. The van der Waals surface area contributed by atoms with Crippen LogP contribution in [0.25, 0.3) is 0 Å². The molecule has 2 aromatic rings. The molecular formula is C23H24N2O6S. The van der Waals surface area contributed by atoms with Crippen LogP contribution in [0.2, 0.25) is 0 Å². The predicted molar refractivity (Wildman–Crippen MR) is 119 cm³/mol. The van der Waals surface area contributed by atoms with Gasteiger partial charge >= 0.3 is 5.97 Å². The van der Waals surface area contributed by atoms with E-state index in [0.717, 1.165) is 11.3 Å². The van der Waals surface area contributed by atoms with Gasteiger partial charge in [0.2, 0.25) is 5.91 Å². The maximum absolute atomic E-state index is 12.4. The number of nitrogens with zero attached hydrogens (tertiary/aromatic N) is 1. The lowest BCUT2D eigenvalue weighted by Crippen LogP contribution is -2.30. The first kappa shape index (κ1) is 23.3. The summed E-state index contributed by atoms with van der Waals surface area (Å²) in [7, 11) is 1.24. The standard InChI is InChI=1S/C23H24N2O6S/c1-13-18(23(30)31-3)20(32-19(13)14(2)26)24-17(27)11-5-4-8-12-25-21(28)15-9-6-7-10-16(15)22(25)29/h6-7,9-10H,4-5,8,11-12H2,1-3H3,(H,24,27).